The lowest BCUT2D eigenvalue weighted by molar-refractivity contribution is -0.183. The number of benzene rings is 1. The van der Waals surface area contributed by atoms with Crippen molar-refractivity contribution in [2.24, 2.45) is 5.92 Å². The van der Waals surface area contributed by atoms with Gasteiger partial charge in [-0.1, -0.05) is 6.07 Å². The van der Waals surface area contributed by atoms with Crippen molar-refractivity contribution in [3.63, 3.8) is 0 Å². The summed E-state index contributed by atoms with van der Waals surface area (Å²) in [6.07, 6.45) is -3.90. The van der Waals surface area contributed by atoms with Crippen molar-refractivity contribution in [2.45, 2.75) is 25.1 Å². The zero-order chi connectivity index (χ0) is 14.2. The van der Waals surface area contributed by atoms with Crippen LogP contribution < -0.4 is 14.8 Å². The lowest BCUT2D eigenvalue weighted by Crippen LogP contribution is -2.38. The van der Waals surface area contributed by atoms with Gasteiger partial charge in [0.2, 0.25) is 0 Å². The molecule has 0 aromatic heterocycles. The second-order valence-electron chi connectivity index (χ2n) is 5.17. The summed E-state index contributed by atoms with van der Waals surface area (Å²) in [5, 5.41) is 3.15. The summed E-state index contributed by atoms with van der Waals surface area (Å²) in [6.45, 7) is 1.35. The molecule has 1 aromatic carbocycles. The zero-order valence-electron chi connectivity index (χ0n) is 10.9. The molecule has 0 spiro atoms. The molecule has 110 valence electrons. The molecule has 0 amide bonds. The van der Waals surface area contributed by atoms with Gasteiger partial charge in [-0.15, -0.1) is 0 Å². The highest BCUT2D eigenvalue weighted by Crippen LogP contribution is 2.40. The third-order valence-corrected chi connectivity index (χ3v) is 3.84. The number of rotatable bonds is 1. The number of hydrogen-bond donors (Lipinski definition) is 1. The van der Waals surface area contributed by atoms with E-state index < -0.39 is 12.1 Å². The first kappa shape index (κ1) is 13.5. The predicted molar refractivity (Wildman–Crippen MR) is 67.0 cm³/mol. The van der Waals surface area contributed by atoms with Crippen LogP contribution in [-0.2, 0) is 0 Å². The third-order valence-electron chi connectivity index (χ3n) is 3.84. The highest BCUT2D eigenvalue weighted by atomic mass is 19.4. The molecule has 2 atom stereocenters. The fraction of sp³-hybridized carbons (Fsp3) is 0.571. The standard InChI is InChI=1S/C14H16F3NO2/c15-14(16,17)10-3-4-18-11(8-10)9-1-2-12-13(7-9)20-6-5-19-12/h1-2,7,10-11,18H,3-6,8H2. The summed E-state index contributed by atoms with van der Waals surface area (Å²) in [7, 11) is 0. The van der Waals surface area contributed by atoms with E-state index in [1.807, 2.05) is 6.07 Å². The second kappa shape index (κ2) is 5.16. The number of ether oxygens (including phenoxy) is 2. The Balaban J connectivity index is 1.78. The first-order chi connectivity index (χ1) is 9.54. The van der Waals surface area contributed by atoms with Gasteiger partial charge >= 0.3 is 6.18 Å². The van der Waals surface area contributed by atoms with Crippen LogP contribution in [0.4, 0.5) is 13.2 Å². The van der Waals surface area contributed by atoms with Crippen LogP contribution >= 0.6 is 0 Å². The Labute approximate surface area is 115 Å². The smallest absolute Gasteiger partial charge is 0.391 e. The summed E-state index contributed by atoms with van der Waals surface area (Å²) in [4.78, 5) is 0. The topological polar surface area (TPSA) is 30.5 Å². The van der Waals surface area contributed by atoms with Crippen LogP contribution in [0.15, 0.2) is 18.2 Å². The van der Waals surface area contributed by atoms with Crippen molar-refractivity contribution in [1.29, 1.82) is 0 Å². The highest BCUT2D eigenvalue weighted by molar-refractivity contribution is 5.44. The predicted octanol–water partition coefficient (Wildman–Crippen LogP) is 3.06. The minimum Gasteiger partial charge on any atom is -0.486 e. The van der Waals surface area contributed by atoms with Crippen molar-refractivity contribution < 1.29 is 22.6 Å². The summed E-state index contributed by atoms with van der Waals surface area (Å²) >= 11 is 0. The van der Waals surface area contributed by atoms with E-state index in [1.54, 1.807) is 12.1 Å². The van der Waals surface area contributed by atoms with E-state index in [0.29, 0.717) is 31.3 Å². The minimum absolute atomic E-state index is 0.0726. The van der Waals surface area contributed by atoms with Gasteiger partial charge < -0.3 is 14.8 Å². The molecule has 2 unspecified atom stereocenters. The average Bonchev–Trinajstić information content (AvgIpc) is 2.46. The van der Waals surface area contributed by atoms with E-state index in [0.717, 1.165) is 5.56 Å². The molecule has 2 heterocycles. The van der Waals surface area contributed by atoms with Crippen LogP contribution in [0.1, 0.15) is 24.4 Å². The summed E-state index contributed by atoms with van der Waals surface area (Å²) < 4.78 is 49.4. The molecular formula is C14H16F3NO2. The Bertz CT molecular complexity index is 490. The van der Waals surface area contributed by atoms with Crippen molar-refractivity contribution in [3.8, 4) is 11.5 Å². The Kier molecular flexibility index (Phi) is 3.50. The van der Waals surface area contributed by atoms with Crippen LogP contribution in [0.2, 0.25) is 0 Å². The summed E-state index contributed by atoms with van der Waals surface area (Å²) in [5.41, 5.74) is 0.822. The van der Waals surface area contributed by atoms with Gasteiger partial charge in [0.05, 0.1) is 5.92 Å². The van der Waals surface area contributed by atoms with Gasteiger partial charge in [0.25, 0.3) is 0 Å². The van der Waals surface area contributed by atoms with E-state index in [4.69, 9.17) is 9.47 Å². The maximum absolute atomic E-state index is 12.8. The molecule has 1 saturated heterocycles. The molecule has 0 radical (unpaired) electrons. The molecular weight excluding hydrogens is 271 g/mol. The molecule has 2 aliphatic heterocycles. The number of hydrogen-bond acceptors (Lipinski definition) is 3. The fourth-order valence-electron chi connectivity index (χ4n) is 2.75. The van der Waals surface area contributed by atoms with Crippen LogP contribution in [-0.4, -0.2) is 25.9 Å². The molecule has 0 saturated carbocycles. The Morgan fingerprint density at radius 3 is 2.60 bits per heavy atom. The summed E-state index contributed by atoms with van der Waals surface area (Å²) in [5.74, 6) is 0.0369. The maximum atomic E-state index is 12.8. The van der Waals surface area contributed by atoms with E-state index in [1.165, 1.54) is 0 Å². The van der Waals surface area contributed by atoms with Gasteiger partial charge in [0.15, 0.2) is 11.5 Å². The van der Waals surface area contributed by atoms with E-state index >= 15 is 0 Å². The van der Waals surface area contributed by atoms with Crippen molar-refractivity contribution >= 4 is 0 Å². The van der Waals surface area contributed by atoms with Crippen LogP contribution in [0.5, 0.6) is 11.5 Å². The Morgan fingerprint density at radius 1 is 1.10 bits per heavy atom. The Hall–Kier alpha value is -1.43. The van der Waals surface area contributed by atoms with Crippen molar-refractivity contribution in [1.82, 2.24) is 5.32 Å². The number of alkyl halides is 3. The Morgan fingerprint density at radius 2 is 1.85 bits per heavy atom. The van der Waals surface area contributed by atoms with E-state index in [9.17, 15) is 13.2 Å². The number of halogens is 3. The number of piperidine rings is 1. The van der Waals surface area contributed by atoms with Crippen molar-refractivity contribution in [2.75, 3.05) is 19.8 Å². The largest absolute Gasteiger partial charge is 0.486 e. The van der Waals surface area contributed by atoms with E-state index in [-0.39, 0.29) is 18.9 Å². The lowest BCUT2D eigenvalue weighted by atomic mass is 9.88. The molecule has 1 N–H and O–H groups in total. The molecule has 1 aromatic rings. The normalized spacial score (nSPS) is 26.4. The molecule has 3 rings (SSSR count). The molecule has 2 aliphatic rings. The third kappa shape index (κ3) is 2.70. The van der Waals surface area contributed by atoms with Crippen molar-refractivity contribution in [3.05, 3.63) is 23.8 Å². The van der Waals surface area contributed by atoms with Gasteiger partial charge in [0.1, 0.15) is 13.2 Å². The molecule has 6 heteroatoms. The maximum Gasteiger partial charge on any atom is 0.391 e. The zero-order valence-corrected chi connectivity index (χ0v) is 10.9. The number of fused-ring (bicyclic) bond motifs is 1. The second-order valence-corrected chi connectivity index (χ2v) is 5.17. The first-order valence-corrected chi connectivity index (χ1v) is 6.73. The van der Waals surface area contributed by atoms with Gasteiger partial charge in [-0.25, -0.2) is 0 Å². The van der Waals surface area contributed by atoms with Gasteiger partial charge in [0, 0.05) is 6.04 Å². The molecule has 1 fully saturated rings. The monoisotopic (exact) mass is 287 g/mol. The highest BCUT2D eigenvalue weighted by Gasteiger charge is 2.42. The molecule has 0 bridgehead atoms. The van der Waals surface area contributed by atoms with Gasteiger partial charge in [-0.2, -0.15) is 13.2 Å². The van der Waals surface area contributed by atoms with Crippen LogP contribution in [0.25, 0.3) is 0 Å². The molecule has 20 heavy (non-hydrogen) atoms. The van der Waals surface area contributed by atoms with Crippen LogP contribution in [0.3, 0.4) is 0 Å². The SMILES string of the molecule is FC(F)(F)C1CCNC(c2ccc3c(c2)OCCO3)C1. The molecule has 3 nitrogen and oxygen atoms in total. The fourth-order valence-corrected chi connectivity index (χ4v) is 2.75. The average molecular weight is 287 g/mol. The van der Waals surface area contributed by atoms with Crippen LogP contribution in [0, 0.1) is 5.92 Å². The van der Waals surface area contributed by atoms with E-state index in [2.05, 4.69) is 5.32 Å². The van der Waals surface area contributed by atoms with Gasteiger partial charge in [-0.3, -0.25) is 0 Å². The quantitative estimate of drug-likeness (QED) is 0.861. The van der Waals surface area contributed by atoms with Gasteiger partial charge in [-0.05, 0) is 37.1 Å². The minimum atomic E-state index is -4.12. The molecule has 0 aliphatic carbocycles. The number of nitrogens with one attached hydrogen (secondary N) is 1. The lowest BCUT2D eigenvalue weighted by Gasteiger charge is -2.32. The summed E-state index contributed by atoms with van der Waals surface area (Å²) in [6, 6.07) is 5.07. The first-order valence-electron chi connectivity index (χ1n) is 6.73.